The SMILES string of the molecule is COC(=O)CCN(C)CCCN(C)CCC(=O)OC. The van der Waals surface area contributed by atoms with Gasteiger partial charge in [-0.1, -0.05) is 0 Å². The highest BCUT2D eigenvalue weighted by Gasteiger charge is 2.06. The van der Waals surface area contributed by atoms with Gasteiger partial charge in [-0.2, -0.15) is 0 Å². The van der Waals surface area contributed by atoms with Crippen LogP contribution in [0.3, 0.4) is 0 Å². The van der Waals surface area contributed by atoms with Crippen molar-refractivity contribution in [2.45, 2.75) is 19.3 Å². The Kier molecular flexibility index (Phi) is 10.1. The van der Waals surface area contributed by atoms with Crippen molar-refractivity contribution >= 4 is 11.9 Å². The van der Waals surface area contributed by atoms with Crippen molar-refractivity contribution in [3.05, 3.63) is 0 Å². The van der Waals surface area contributed by atoms with Crippen LogP contribution in [0, 0.1) is 0 Å². The summed E-state index contributed by atoms with van der Waals surface area (Å²) < 4.78 is 9.18. The van der Waals surface area contributed by atoms with Crippen LogP contribution in [-0.2, 0) is 19.1 Å². The number of rotatable bonds is 10. The zero-order chi connectivity index (χ0) is 14.7. The first-order chi connectivity index (χ1) is 8.99. The van der Waals surface area contributed by atoms with Crippen molar-refractivity contribution in [2.24, 2.45) is 0 Å². The minimum absolute atomic E-state index is 0.179. The molecule has 0 amide bonds. The Bertz CT molecular complexity index is 245. The third kappa shape index (κ3) is 10.5. The number of carbonyl (C=O) groups is 2. The van der Waals surface area contributed by atoms with Crippen LogP contribution in [0.15, 0.2) is 0 Å². The fraction of sp³-hybridized carbons (Fsp3) is 0.846. The molecule has 112 valence electrons. The summed E-state index contributed by atoms with van der Waals surface area (Å²) in [5, 5.41) is 0. The zero-order valence-corrected chi connectivity index (χ0v) is 12.5. The molecule has 0 aromatic heterocycles. The Morgan fingerprint density at radius 1 is 0.789 bits per heavy atom. The van der Waals surface area contributed by atoms with Gasteiger partial charge in [0.05, 0.1) is 27.1 Å². The summed E-state index contributed by atoms with van der Waals surface area (Å²) in [6, 6.07) is 0. The smallest absolute Gasteiger partial charge is 0.306 e. The van der Waals surface area contributed by atoms with E-state index >= 15 is 0 Å². The molecular formula is C13H26N2O4. The van der Waals surface area contributed by atoms with Gasteiger partial charge in [0.1, 0.15) is 0 Å². The average Bonchev–Trinajstić information content (AvgIpc) is 2.41. The van der Waals surface area contributed by atoms with E-state index in [2.05, 4.69) is 19.3 Å². The van der Waals surface area contributed by atoms with E-state index in [1.165, 1.54) is 14.2 Å². The number of hydrogen-bond donors (Lipinski definition) is 0. The molecule has 0 saturated heterocycles. The highest BCUT2D eigenvalue weighted by Crippen LogP contribution is 1.96. The minimum Gasteiger partial charge on any atom is -0.469 e. The monoisotopic (exact) mass is 274 g/mol. The van der Waals surface area contributed by atoms with Crippen molar-refractivity contribution < 1.29 is 19.1 Å². The van der Waals surface area contributed by atoms with Crippen LogP contribution in [0.5, 0.6) is 0 Å². The normalized spacial score (nSPS) is 10.8. The second kappa shape index (κ2) is 10.8. The molecule has 0 saturated carbocycles. The topological polar surface area (TPSA) is 59.1 Å². The molecule has 0 radical (unpaired) electrons. The third-order valence-electron chi connectivity index (χ3n) is 2.93. The molecule has 0 fully saturated rings. The maximum absolute atomic E-state index is 11.0. The Morgan fingerprint density at radius 3 is 1.47 bits per heavy atom. The lowest BCUT2D eigenvalue weighted by molar-refractivity contribution is -0.141. The van der Waals surface area contributed by atoms with Gasteiger partial charge in [-0.3, -0.25) is 9.59 Å². The van der Waals surface area contributed by atoms with Crippen LogP contribution in [0.25, 0.3) is 0 Å². The van der Waals surface area contributed by atoms with Crippen molar-refractivity contribution in [2.75, 3.05) is 54.5 Å². The Morgan fingerprint density at radius 2 is 1.16 bits per heavy atom. The molecule has 0 spiro atoms. The van der Waals surface area contributed by atoms with Crippen molar-refractivity contribution in [1.29, 1.82) is 0 Å². The van der Waals surface area contributed by atoms with Gasteiger partial charge in [0.2, 0.25) is 0 Å². The molecule has 0 aliphatic heterocycles. The summed E-state index contributed by atoms with van der Waals surface area (Å²) in [5.74, 6) is -0.357. The number of ether oxygens (including phenoxy) is 2. The van der Waals surface area contributed by atoms with Crippen LogP contribution in [0.1, 0.15) is 19.3 Å². The summed E-state index contributed by atoms with van der Waals surface area (Å²) in [5.41, 5.74) is 0. The Labute approximate surface area is 115 Å². The molecule has 0 aromatic carbocycles. The van der Waals surface area contributed by atoms with Crippen LogP contribution in [-0.4, -0.2) is 76.2 Å². The molecule has 0 N–H and O–H groups in total. The number of nitrogens with zero attached hydrogens (tertiary/aromatic N) is 2. The maximum Gasteiger partial charge on any atom is 0.306 e. The summed E-state index contributed by atoms with van der Waals surface area (Å²) in [7, 11) is 6.77. The lowest BCUT2D eigenvalue weighted by Gasteiger charge is -2.19. The molecule has 0 rings (SSSR count). The fourth-order valence-corrected chi connectivity index (χ4v) is 1.60. The molecule has 0 atom stereocenters. The first-order valence-electron chi connectivity index (χ1n) is 6.50. The number of carbonyl (C=O) groups excluding carboxylic acids is 2. The van der Waals surface area contributed by atoms with Crippen LogP contribution in [0.4, 0.5) is 0 Å². The van der Waals surface area contributed by atoms with E-state index in [0.717, 1.165) is 19.5 Å². The maximum atomic E-state index is 11.0. The van der Waals surface area contributed by atoms with Crippen molar-refractivity contribution in [1.82, 2.24) is 9.80 Å². The highest BCUT2D eigenvalue weighted by atomic mass is 16.5. The van der Waals surface area contributed by atoms with Gasteiger partial charge in [-0.05, 0) is 33.6 Å². The molecule has 0 bridgehead atoms. The largest absolute Gasteiger partial charge is 0.469 e. The predicted molar refractivity (Wildman–Crippen MR) is 72.9 cm³/mol. The summed E-state index contributed by atoms with van der Waals surface area (Å²) in [6.07, 6.45) is 1.84. The zero-order valence-electron chi connectivity index (χ0n) is 12.5. The first-order valence-corrected chi connectivity index (χ1v) is 6.50. The van der Waals surface area contributed by atoms with Gasteiger partial charge < -0.3 is 19.3 Å². The Hall–Kier alpha value is -1.14. The molecule has 0 heterocycles. The summed E-state index contributed by atoms with van der Waals surface area (Å²) >= 11 is 0. The summed E-state index contributed by atoms with van der Waals surface area (Å²) in [6.45, 7) is 3.25. The molecule has 6 heteroatoms. The van der Waals surface area contributed by atoms with Crippen molar-refractivity contribution in [3.8, 4) is 0 Å². The molecule has 0 aromatic rings. The van der Waals surface area contributed by atoms with E-state index in [9.17, 15) is 9.59 Å². The van der Waals surface area contributed by atoms with Gasteiger partial charge in [-0.15, -0.1) is 0 Å². The van der Waals surface area contributed by atoms with Crippen LogP contribution < -0.4 is 0 Å². The van der Waals surface area contributed by atoms with Crippen LogP contribution in [0.2, 0.25) is 0 Å². The second-order valence-electron chi connectivity index (χ2n) is 4.61. The second-order valence-corrected chi connectivity index (χ2v) is 4.61. The van der Waals surface area contributed by atoms with E-state index < -0.39 is 0 Å². The third-order valence-corrected chi connectivity index (χ3v) is 2.93. The van der Waals surface area contributed by atoms with Gasteiger partial charge >= 0.3 is 11.9 Å². The van der Waals surface area contributed by atoms with Gasteiger partial charge in [0.25, 0.3) is 0 Å². The highest BCUT2D eigenvalue weighted by molar-refractivity contribution is 5.69. The fourth-order valence-electron chi connectivity index (χ4n) is 1.60. The van der Waals surface area contributed by atoms with E-state index in [1.54, 1.807) is 0 Å². The molecule has 6 nitrogen and oxygen atoms in total. The molecule has 0 unspecified atom stereocenters. The Balaban J connectivity index is 3.55. The quantitative estimate of drug-likeness (QED) is 0.536. The van der Waals surface area contributed by atoms with E-state index in [0.29, 0.717) is 25.9 Å². The van der Waals surface area contributed by atoms with Gasteiger partial charge in [0.15, 0.2) is 0 Å². The van der Waals surface area contributed by atoms with Crippen LogP contribution >= 0.6 is 0 Å². The number of methoxy groups -OCH3 is 2. The molecule has 19 heavy (non-hydrogen) atoms. The lowest BCUT2D eigenvalue weighted by atomic mass is 10.3. The predicted octanol–water partition coefficient (Wildman–Crippen LogP) is 0.366. The van der Waals surface area contributed by atoms with Gasteiger partial charge in [-0.25, -0.2) is 0 Å². The lowest BCUT2D eigenvalue weighted by Crippen LogP contribution is -2.28. The molecule has 0 aliphatic rings. The van der Waals surface area contributed by atoms with Crippen molar-refractivity contribution in [3.63, 3.8) is 0 Å². The standard InChI is InChI=1S/C13H26N2O4/c1-14(10-6-12(16)18-3)8-5-9-15(2)11-7-13(17)19-4/h5-11H2,1-4H3. The van der Waals surface area contributed by atoms with Gasteiger partial charge in [0, 0.05) is 13.1 Å². The van der Waals surface area contributed by atoms with E-state index in [-0.39, 0.29) is 11.9 Å². The number of esters is 2. The van der Waals surface area contributed by atoms with E-state index in [1.807, 2.05) is 14.1 Å². The first kappa shape index (κ1) is 17.9. The summed E-state index contributed by atoms with van der Waals surface area (Å²) in [4.78, 5) is 26.2. The van der Waals surface area contributed by atoms with E-state index in [4.69, 9.17) is 0 Å². The molecule has 0 aliphatic carbocycles. The minimum atomic E-state index is -0.179. The average molecular weight is 274 g/mol. The molecular weight excluding hydrogens is 248 g/mol. The number of hydrogen-bond acceptors (Lipinski definition) is 6.